The molecule has 1 aliphatic rings. The molecule has 0 aromatic carbocycles. The molecule has 0 heterocycles. The molecule has 15 heavy (non-hydrogen) atoms. The Kier molecular flexibility index (Phi) is 5.03. The third kappa shape index (κ3) is 2.35. The van der Waals surface area contributed by atoms with Gasteiger partial charge in [0.1, 0.15) is 0 Å². The Bertz CT molecular complexity index is 180. The largest absolute Gasteiger partial charge is 0.382 e. The molecule has 0 aliphatic heterocycles. The van der Waals surface area contributed by atoms with E-state index in [0.29, 0.717) is 24.2 Å². The number of nitrogens with one attached hydrogen (secondary N) is 1. The van der Waals surface area contributed by atoms with Crippen LogP contribution >= 0.6 is 0 Å². The van der Waals surface area contributed by atoms with E-state index in [1.165, 1.54) is 12.8 Å². The molecule has 3 heteroatoms. The van der Waals surface area contributed by atoms with Crippen LogP contribution in [0.25, 0.3) is 0 Å². The van der Waals surface area contributed by atoms with Crippen LogP contribution < -0.4 is 5.32 Å². The minimum atomic E-state index is 0.350. The van der Waals surface area contributed by atoms with Crippen molar-refractivity contribution in [1.29, 1.82) is 0 Å². The normalized spacial score (nSPS) is 28.8. The Morgan fingerprint density at radius 3 is 2.40 bits per heavy atom. The molecule has 0 saturated heterocycles. The number of hydrogen-bond donors (Lipinski definition) is 1. The lowest BCUT2D eigenvalue weighted by Crippen LogP contribution is -2.62. The molecule has 0 bridgehead atoms. The van der Waals surface area contributed by atoms with Crippen molar-refractivity contribution in [3.8, 4) is 0 Å². The van der Waals surface area contributed by atoms with Crippen LogP contribution in [0.4, 0.5) is 0 Å². The minimum absolute atomic E-state index is 0.350. The summed E-state index contributed by atoms with van der Waals surface area (Å²) in [5, 5.41) is 3.40. The molecule has 0 aromatic rings. The highest BCUT2D eigenvalue weighted by molar-refractivity contribution is 5.06. The molecule has 3 nitrogen and oxygen atoms in total. The zero-order valence-electron chi connectivity index (χ0n) is 10.5. The third-order valence-corrected chi connectivity index (χ3v) is 4.06. The number of rotatable bonds is 7. The van der Waals surface area contributed by atoms with Gasteiger partial charge in [0.2, 0.25) is 0 Å². The van der Waals surface area contributed by atoms with Crippen molar-refractivity contribution >= 4 is 0 Å². The molecular weight excluding hydrogens is 190 g/mol. The van der Waals surface area contributed by atoms with Crippen molar-refractivity contribution < 1.29 is 9.47 Å². The van der Waals surface area contributed by atoms with Crippen molar-refractivity contribution in [2.24, 2.45) is 5.41 Å². The summed E-state index contributed by atoms with van der Waals surface area (Å²) >= 11 is 0. The van der Waals surface area contributed by atoms with Crippen LogP contribution in [0, 0.1) is 5.41 Å². The van der Waals surface area contributed by atoms with Crippen LogP contribution in [-0.2, 0) is 9.47 Å². The van der Waals surface area contributed by atoms with E-state index in [1.807, 2.05) is 0 Å². The van der Waals surface area contributed by atoms with E-state index in [2.05, 4.69) is 26.2 Å². The molecule has 2 unspecified atom stereocenters. The number of ether oxygens (including phenoxy) is 2. The van der Waals surface area contributed by atoms with Crippen molar-refractivity contribution in [2.45, 2.75) is 45.3 Å². The van der Waals surface area contributed by atoms with Gasteiger partial charge in [-0.3, -0.25) is 0 Å². The maximum absolute atomic E-state index is 5.88. The van der Waals surface area contributed by atoms with Crippen molar-refractivity contribution in [1.82, 2.24) is 5.32 Å². The monoisotopic (exact) mass is 215 g/mol. The quantitative estimate of drug-likeness (QED) is 0.657. The molecule has 1 N–H and O–H groups in total. The van der Waals surface area contributed by atoms with E-state index in [4.69, 9.17) is 9.47 Å². The van der Waals surface area contributed by atoms with E-state index < -0.39 is 0 Å². The first-order chi connectivity index (χ1) is 7.25. The molecular formula is C12H25NO2. The summed E-state index contributed by atoms with van der Waals surface area (Å²) in [7, 11) is 3.77. The van der Waals surface area contributed by atoms with Gasteiger partial charge in [-0.1, -0.05) is 13.8 Å². The maximum Gasteiger partial charge on any atom is 0.0704 e. The highest BCUT2D eigenvalue weighted by Gasteiger charge is 2.52. The van der Waals surface area contributed by atoms with Crippen LogP contribution in [0.5, 0.6) is 0 Å². The van der Waals surface area contributed by atoms with Gasteiger partial charge in [0.25, 0.3) is 0 Å². The van der Waals surface area contributed by atoms with Crippen molar-refractivity contribution in [3.63, 3.8) is 0 Å². The minimum Gasteiger partial charge on any atom is -0.382 e. The van der Waals surface area contributed by atoms with Gasteiger partial charge in [-0.05, 0) is 26.3 Å². The molecule has 0 radical (unpaired) electrons. The Labute approximate surface area is 93.5 Å². The van der Waals surface area contributed by atoms with Crippen LogP contribution in [0.3, 0.4) is 0 Å². The fourth-order valence-corrected chi connectivity index (χ4v) is 2.86. The molecule has 0 spiro atoms. The summed E-state index contributed by atoms with van der Waals surface area (Å²) in [6.45, 7) is 5.95. The van der Waals surface area contributed by atoms with E-state index in [-0.39, 0.29) is 0 Å². The lowest BCUT2D eigenvalue weighted by molar-refractivity contribution is -0.145. The molecule has 0 aromatic heterocycles. The standard InChI is InChI=1S/C12H25NO2/c1-5-12(6-2)10(13-3)9-11(12)15-8-7-14-4/h10-11,13H,5-9H2,1-4H3. The fraction of sp³-hybridized carbons (Fsp3) is 1.00. The van der Waals surface area contributed by atoms with Gasteiger partial charge in [0.05, 0.1) is 19.3 Å². The van der Waals surface area contributed by atoms with Crippen molar-refractivity contribution in [2.75, 3.05) is 27.4 Å². The average molecular weight is 215 g/mol. The molecule has 1 saturated carbocycles. The van der Waals surface area contributed by atoms with Gasteiger partial charge in [-0.25, -0.2) is 0 Å². The smallest absolute Gasteiger partial charge is 0.0704 e. The van der Waals surface area contributed by atoms with Crippen LogP contribution in [0.2, 0.25) is 0 Å². The summed E-state index contributed by atoms with van der Waals surface area (Å²) in [6.07, 6.45) is 3.93. The van der Waals surface area contributed by atoms with E-state index in [1.54, 1.807) is 7.11 Å². The summed E-state index contributed by atoms with van der Waals surface area (Å²) in [5.41, 5.74) is 0.350. The SMILES string of the molecule is CCC1(CC)C(NC)CC1OCCOC. The fourth-order valence-electron chi connectivity index (χ4n) is 2.86. The second-order valence-electron chi connectivity index (χ2n) is 4.37. The topological polar surface area (TPSA) is 30.5 Å². The lowest BCUT2D eigenvalue weighted by Gasteiger charge is -2.55. The maximum atomic E-state index is 5.88. The number of hydrogen-bond acceptors (Lipinski definition) is 3. The van der Waals surface area contributed by atoms with E-state index in [9.17, 15) is 0 Å². The van der Waals surface area contributed by atoms with Crippen LogP contribution in [0.15, 0.2) is 0 Å². The summed E-state index contributed by atoms with van der Waals surface area (Å²) < 4.78 is 10.9. The summed E-state index contributed by atoms with van der Waals surface area (Å²) in [5.74, 6) is 0. The predicted molar refractivity (Wildman–Crippen MR) is 62.1 cm³/mol. The van der Waals surface area contributed by atoms with Gasteiger partial charge >= 0.3 is 0 Å². The molecule has 90 valence electrons. The van der Waals surface area contributed by atoms with Crippen LogP contribution in [-0.4, -0.2) is 39.5 Å². The molecule has 0 amide bonds. The summed E-state index contributed by atoms with van der Waals surface area (Å²) in [6, 6.07) is 0.625. The van der Waals surface area contributed by atoms with Gasteiger partial charge in [0, 0.05) is 18.6 Å². The Balaban J connectivity index is 2.45. The predicted octanol–water partition coefficient (Wildman–Crippen LogP) is 1.82. The van der Waals surface area contributed by atoms with Gasteiger partial charge < -0.3 is 14.8 Å². The molecule has 2 atom stereocenters. The highest BCUT2D eigenvalue weighted by atomic mass is 16.5. The van der Waals surface area contributed by atoms with Gasteiger partial charge in [0.15, 0.2) is 0 Å². The second-order valence-corrected chi connectivity index (χ2v) is 4.37. The first-order valence-corrected chi connectivity index (χ1v) is 6.03. The van der Waals surface area contributed by atoms with Crippen LogP contribution in [0.1, 0.15) is 33.1 Å². The Morgan fingerprint density at radius 2 is 1.93 bits per heavy atom. The van der Waals surface area contributed by atoms with Gasteiger partial charge in [-0.2, -0.15) is 0 Å². The Morgan fingerprint density at radius 1 is 1.27 bits per heavy atom. The van der Waals surface area contributed by atoms with Gasteiger partial charge in [-0.15, -0.1) is 0 Å². The Hall–Kier alpha value is -0.120. The average Bonchev–Trinajstić information content (AvgIpc) is 2.24. The van der Waals surface area contributed by atoms with E-state index in [0.717, 1.165) is 13.0 Å². The molecule has 1 rings (SSSR count). The first-order valence-electron chi connectivity index (χ1n) is 6.03. The molecule has 1 aliphatic carbocycles. The zero-order valence-corrected chi connectivity index (χ0v) is 10.5. The second kappa shape index (κ2) is 5.83. The highest BCUT2D eigenvalue weighted by Crippen LogP contribution is 2.48. The first kappa shape index (κ1) is 12.9. The molecule has 1 fully saturated rings. The van der Waals surface area contributed by atoms with Crippen molar-refractivity contribution in [3.05, 3.63) is 0 Å². The third-order valence-electron chi connectivity index (χ3n) is 4.06. The summed E-state index contributed by atoms with van der Waals surface area (Å²) in [4.78, 5) is 0. The lowest BCUT2D eigenvalue weighted by atomic mass is 9.59. The van der Waals surface area contributed by atoms with E-state index >= 15 is 0 Å². The zero-order chi connectivity index (χ0) is 11.3. The number of methoxy groups -OCH3 is 1.